The van der Waals surface area contributed by atoms with Gasteiger partial charge in [-0.3, -0.25) is 0 Å². The summed E-state index contributed by atoms with van der Waals surface area (Å²) in [4.78, 5) is 0. The van der Waals surface area contributed by atoms with E-state index in [2.05, 4.69) is 0 Å². The molecule has 1 fully saturated rings. The van der Waals surface area contributed by atoms with Crippen molar-refractivity contribution in [2.24, 2.45) is 5.92 Å². The van der Waals surface area contributed by atoms with E-state index >= 15 is 0 Å². The number of rotatable bonds is 1. The van der Waals surface area contributed by atoms with Gasteiger partial charge < -0.3 is 5.21 Å². The predicted octanol–water partition coefficient (Wildman–Crippen LogP) is 2.95. The molecule has 1 rings (SSSR count). The summed E-state index contributed by atoms with van der Waals surface area (Å²) in [7, 11) is 0. The van der Waals surface area contributed by atoms with Gasteiger partial charge >= 0.3 is 0 Å². The van der Waals surface area contributed by atoms with Crippen molar-refractivity contribution >= 4 is 6.21 Å². The summed E-state index contributed by atoms with van der Waals surface area (Å²) in [6.07, 6.45) is 8.22. The molecule has 1 saturated carbocycles. The third-order valence-electron chi connectivity index (χ3n) is 2.66. The SMILES string of the molecule is CC(C)(C)[N+]([O-])=CC1CCCCC1. The lowest BCUT2D eigenvalue weighted by molar-refractivity contribution is -0.533. The van der Waals surface area contributed by atoms with Gasteiger partial charge in [-0.15, -0.1) is 0 Å². The second kappa shape index (κ2) is 4.12. The zero-order valence-electron chi connectivity index (χ0n) is 9.05. The summed E-state index contributed by atoms with van der Waals surface area (Å²) < 4.78 is 1.13. The third-order valence-corrected chi connectivity index (χ3v) is 2.66. The van der Waals surface area contributed by atoms with Gasteiger partial charge in [-0.05, 0) is 12.8 Å². The molecular weight excluding hydrogens is 162 g/mol. The summed E-state index contributed by atoms with van der Waals surface area (Å²) in [6.45, 7) is 5.87. The second-order valence-electron chi connectivity index (χ2n) is 5.04. The minimum atomic E-state index is -0.266. The monoisotopic (exact) mass is 183 g/mol. The maximum absolute atomic E-state index is 11.6. The van der Waals surface area contributed by atoms with Crippen LogP contribution in [-0.2, 0) is 0 Å². The van der Waals surface area contributed by atoms with Crippen molar-refractivity contribution in [3.8, 4) is 0 Å². The van der Waals surface area contributed by atoms with Crippen LogP contribution < -0.4 is 0 Å². The Morgan fingerprint density at radius 2 is 1.69 bits per heavy atom. The van der Waals surface area contributed by atoms with E-state index in [1.165, 1.54) is 32.1 Å². The Hall–Kier alpha value is -0.530. The van der Waals surface area contributed by atoms with Crippen molar-refractivity contribution in [3.05, 3.63) is 5.21 Å². The van der Waals surface area contributed by atoms with E-state index in [1.807, 2.05) is 27.0 Å². The van der Waals surface area contributed by atoms with Crippen molar-refractivity contribution < 1.29 is 4.74 Å². The van der Waals surface area contributed by atoms with E-state index in [0.29, 0.717) is 5.92 Å². The highest BCUT2D eigenvalue weighted by Gasteiger charge is 2.21. The zero-order valence-corrected chi connectivity index (χ0v) is 9.05. The molecule has 0 heterocycles. The molecule has 2 heteroatoms. The summed E-state index contributed by atoms with van der Waals surface area (Å²) >= 11 is 0. The lowest BCUT2D eigenvalue weighted by Crippen LogP contribution is -2.31. The summed E-state index contributed by atoms with van der Waals surface area (Å²) in [6, 6.07) is 0. The van der Waals surface area contributed by atoms with E-state index in [9.17, 15) is 5.21 Å². The molecular formula is C11H21NO. The lowest BCUT2D eigenvalue weighted by atomic mass is 9.90. The van der Waals surface area contributed by atoms with E-state index < -0.39 is 0 Å². The first kappa shape index (κ1) is 10.6. The molecule has 0 aromatic carbocycles. The van der Waals surface area contributed by atoms with Gasteiger partial charge in [0.1, 0.15) is 0 Å². The molecule has 13 heavy (non-hydrogen) atoms. The summed E-state index contributed by atoms with van der Waals surface area (Å²) in [5.74, 6) is 0.533. The molecule has 0 N–H and O–H groups in total. The maximum Gasteiger partial charge on any atom is 0.164 e. The van der Waals surface area contributed by atoms with Gasteiger partial charge in [0, 0.05) is 26.7 Å². The Kier molecular flexibility index (Phi) is 3.34. The highest BCUT2D eigenvalue weighted by Crippen LogP contribution is 2.22. The molecule has 0 aliphatic heterocycles. The molecule has 2 nitrogen and oxygen atoms in total. The lowest BCUT2D eigenvalue weighted by Gasteiger charge is -2.22. The molecule has 0 amide bonds. The Bertz CT molecular complexity index is 185. The van der Waals surface area contributed by atoms with Gasteiger partial charge in [0.05, 0.1) is 0 Å². The number of nitrogens with zero attached hydrogens (tertiary/aromatic N) is 1. The minimum Gasteiger partial charge on any atom is -0.624 e. The third kappa shape index (κ3) is 3.37. The Labute approximate surface area is 81.2 Å². The van der Waals surface area contributed by atoms with Crippen molar-refractivity contribution in [1.29, 1.82) is 0 Å². The van der Waals surface area contributed by atoms with Gasteiger partial charge in [0.25, 0.3) is 0 Å². The smallest absolute Gasteiger partial charge is 0.164 e. The second-order valence-corrected chi connectivity index (χ2v) is 5.04. The average molecular weight is 183 g/mol. The molecule has 0 spiro atoms. The van der Waals surface area contributed by atoms with Gasteiger partial charge in [0.2, 0.25) is 0 Å². The fraction of sp³-hybridized carbons (Fsp3) is 0.909. The fourth-order valence-corrected chi connectivity index (χ4v) is 1.70. The normalized spacial score (nSPS) is 21.9. The quantitative estimate of drug-likeness (QED) is 0.266. The highest BCUT2D eigenvalue weighted by molar-refractivity contribution is 5.55. The van der Waals surface area contributed by atoms with Crippen LogP contribution in [0.5, 0.6) is 0 Å². The molecule has 1 aliphatic carbocycles. The van der Waals surface area contributed by atoms with E-state index in [-0.39, 0.29) is 5.54 Å². The van der Waals surface area contributed by atoms with Crippen molar-refractivity contribution in [2.45, 2.75) is 58.4 Å². The number of hydrogen-bond donors (Lipinski definition) is 0. The van der Waals surface area contributed by atoms with Gasteiger partial charge in [-0.2, -0.15) is 0 Å². The van der Waals surface area contributed by atoms with Crippen LogP contribution in [0.3, 0.4) is 0 Å². The van der Waals surface area contributed by atoms with E-state index in [1.54, 1.807) is 0 Å². The van der Waals surface area contributed by atoms with Crippen LogP contribution in [-0.4, -0.2) is 16.5 Å². The first-order valence-corrected chi connectivity index (χ1v) is 5.31. The van der Waals surface area contributed by atoms with E-state index in [0.717, 1.165) is 4.74 Å². The Balaban J connectivity index is 2.53. The standard InChI is InChI=1S/C11H21NO/c1-11(2,3)12(13)9-10-7-5-4-6-8-10/h9-10H,4-8H2,1-3H3. The van der Waals surface area contributed by atoms with Crippen LogP contribution in [0.15, 0.2) is 0 Å². The van der Waals surface area contributed by atoms with Crippen molar-refractivity contribution in [2.75, 3.05) is 0 Å². The summed E-state index contributed by atoms with van der Waals surface area (Å²) in [5.41, 5.74) is -0.266. The van der Waals surface area contributed by atoms with Crippen LogP contribution in [0.4, 0.5) is 0 Å². The predicted molar refractivity (Wildman–Crippen MR) is 56.0 cm³/mol. The topological polar surface area (TPSA) is 26.1 Å². The van der Waals surface area contributed by atoms with Crippen LogP contribution in [0.2, 0.25) is 0 Å². The first-order chi connectivity index (χ1) is 6.00. The maximum atomic E-state index is 11.6. The van der Waals surface area contributed by atoms with Crippen LogP contribution in [0, 0.1) is 11.1 Å². The molecule has 0 bridgehead atoms. The molecule has 0 radical (unpaired) electrons. The van der Waals surface area contributed by atoms with E-state index in [4.69, 9.17) is 0 Å². The molecule has 0 saturated heterocycles. The van der Waals surface area contributed by atoms with Crippen molar-refractivity contribution in [1.82, 2.24) is 0 Å². The molecule has 0 aromatic rings. The van der Waals surface area contributed by atoms with Crippen LogP contribution in [0.1, 0.15) is 52.9 Å². The fourth-order valence-electron chi connectivity index (χ4n) is 1.70. The zero-order chi connectivity index (χ0) is 9.90. The van der Waals surface area contributed by atoms with Crippen LogP contribution >= 0.6 is 0 Å². The van der Waals surface area contributed by atoms with Gasteiger partial charge in [-0.25, -0.2) is 4.74 Å². The number of hydrogen-bond acceptors (Lipinski definition) is 1. The number of hydroxylamine groups is 1. The molecule has 0 aromatic heterocycles. The molecule has 76 valence electrons. The minimum absolute atomic E-state index is 0.266. The Morgan fingerprint density at radius 3 is 2.15 bits per heavy atom. The summed E-state index contributed by atoms with van der Waals surface area (Å²) in [5, 5.41) is 11.6. The van der Waals surface area contributed by atoms with Crippen molar-refractivity contribution in [3.63, 3.8) is 0 Å². The largest absolute Gasteiger partial charge is 0.624 e. The van der Waals surface area contributed by atoms with Crippen LogP contribution in [0.25, 0.3) is 0 Å². The molecule has 0 unspecified atom stereocenters. The van der Waals surface area contributed by atoms with Gasteiger partial charge in [0.15, 0.2) is 11.8 Å². The molecule has 0 atom stereocenters. The Morgan fingerprint density at radius 1 is 1.15 bits per heavy atom. The molecule has 1 aliphatic rings. The highest BCUT2D eigenvalue weighted by atomic mass is 16.5. The average Bonchev–Trinajstić information content (AvgIpc) is 2.04. The first-order valence-electron chi connectivity index (χ1n) is 5.31. The van der Waals surface area contributed by atoms with Gasteiger partial charge in [-0.1, -0.05) is 19.3 Å².